The van der Waals surface area contributed by atoms with Gasteiger partial charge in [-0.1, -0.05) is 11.6 Å². The van der Waals surface area contributed by atoms with Crippen LogP contribution in [0.2, 0.25) is 5.02 Å². The molecule has 108 valence electrons. The number of halogens is 4. The molecule has 0 saturated carbocycles. The third-order valence-corrected chi connectivity index (χ3v) is 3.89. The van der Waals surface area contributed by atoms with Gasteiger partial charge in [-0.05, 0) is 18.2 Å². The molecule has 0 aliphatic carbocycles. The van der Waals surface area contributed by atoms with Crippen LogP contribution in [0.1, 0.15) is 10.6 Å². The van der Waals surface area contributed by atoms with Crippen molar-refractivity contribution in [1.29, 1.82) is 0 Å². The number of nitrogens with two attached hydrogens (primary N) is 1. The van der Waals surface area contributed by atoms with Gasteiger partial charge in [0.15, 0.2) is 5.69 Å². The summed E-state index contributed by atoms with van der Waals surface area (Å²) in [6, 6.07) is 4.66. The smallest absolute Gasteiger partial charge is 0.434 e. The molecule has 2 N–H and O–H groups in total. The second kappa shape index (κ2) is 5.59. The summed E-state index contributed by atoms with van der Waals surface area (Å²) < 4.78 is 43.7. The molecule has 0 bridgehead atoms. The fourth-order valence-corrected chi connectivity index (χ4v) is 2.82. The molecular formula is C12H10ClF3N2OS. The first kappa shape index (κ1) is 15.1. The topological polar surface area (TPSA) is 48.1 Å². The van der Waals surface area contributed by atoms with E-state index in [2.05, 4.69) is 4.98 Å². The van der Waals surface area contributed by atoms with Gasteiger partial charge in [0.1, 0.15) is 10.8 Å². The highest BCUT2D eigenvalue weighted by Crippen LogP contribution is 2.40. The van der Waals surface area contributed by atoms with Gasteiger partial charge in [0.2, 0.25) is 0 Å². The van der Waals surface area contributed by atoms with E-state index in [0.29, 0.717) is 16.3 Å². The Morgan fingerprint density at radius 3 is 2.60 bits per heavy atom. The second-order valence-corrected chi connectivity index (χ2v) is 5.36. The zero-order chi connectivity index (χ0) is 14.9. The average Bonchev–Trinajstić information content (AvgIpc) is 2.82. The third-order valence-electron chi connectivity index (χ3n) is 2.55. The van der Waals surface area contributed by atoms with Crippen molar-refractivity contribution in [2.75, 3.05) is 7.11 Å². The maximum atomic E-state index is 12.8. The van der Waals surface area contributed by atoms with Gasteiger partial charge in [0.05, 0.1) is 17.6 Å². The Morgan fingerprint density at radius 1 is 1.40 bits per heavy atom. The van der Waals surface area contributed by atoms with Crippen molar-refractivity contribution in [2.24, 2.45) is 5.73 Å². The van der Waals surface area contributed by atoms with Crippen LogP contribution in [-0.2, 0) is 12.7 Å². The predicted molar refractivity (Wildman–Crippen MR) is 72.0 cm³/mol. The minimum Gasteiger partial charge on any atom is -0.496 e. The highest BCUT2D eigenvalue weighted by Gasteiger charge is 2.37. The number of alkyl halides is 3. The first-order valence-electron chi connectivity index (χ1n) is 5.47. The average molecular weight is 323 g/mol. The standard InChI is InChI=1S/C12H10ClF3N2OS/c1-19-8-4-6(13)2-3-7(8)11-18-10(12(14,15)16)9(5-17)20-11/h2-4H,5,17H2,1H3. The van der Waals surface area contributed by atoms with Gasteiger partial charge in [0.25, 0.3) is 0 Å². The quantitative estimate of drug-likeness (QED) is 0.930. The molecule has 0 amide bonds. The highest BCUT2D eigenvalue weighted by atomic mass is 35.5. The first-order valence-corrected chi connectivity index (χ1v) is 6.67. The van der Waals surface area contributed by atoms with Crippen LogP contribution in [0.4, 0.5) is 13.2 Å². The number of methoxy groups -OCH3 is 1. The molecule has 20 heavy (non-hydrogen) atoms. The normalized spacial score (nSPS) is 11.7. The van der Waals surface area contributed by atoms with Gasteiger partial charge in [-0.2, -0.15) is 13.2 Å². The summed E-state index contributed by atoms with van der Waals surface area (Å²) in [5, 5.41) is 0.628. The molecule has 2 aromatic rings. The molecule has 0 atom stereocenters. The molecule has 0 aliphatic rings. The van der Waals surface area contributed by atoms with Crippen molar-refractivity contribution in [3.8, 4) is 16.3 Å². The Labute approximate surface area is 122 Å². The van der Waals surface area contributed by atoms with Crippen molar-refractivity contribution in [1.82, 2.24) is 4.98 Å². The lowest BCUT2D eigenvalue weighted by molar-refractivity contribution is -0.141. The SMILES string of the molecule is COc1cc(Cl)ccc1-c1nc(C(F)(F)F)c(CN)s1. The molecule has 0 radical (unpaired) electrons. The summed E-state index contributed by atoms with van der Waals surface area (Å²) >= 11 is 6.72. The number of benzene rings is 1. The van der Waals surface area contributed by atoms with Crippen LogP contribution in [0.15, 0.2) is 18.2 Å². The molecule has 0 saturated heterocycles. The summed E-state index contributed by atoms with van der Waals surface area (Å²) in [5.41, 5.74) is 4.86. The summed E-state index contributed by atoms with van der Waals surface area (Å²) in [4.78, 5) is 3.64. The third kappa shape index (κ3) is 2.89. The van der Waals surface area contributed by atoms with Crippen LogP contribution in [0.3, 0.4) is 0 Å². The maximum Gasteiger partial charge on any atom is 0.434 e. The summed E-state index contributed by atoms with van der Waals surface area (Å²) in [7, 11) is 1.41. The van der Waals surface area contributed by atoms with Crippen molar-refractivity contribution in [3.63, 3.8) is 0 Å². The van der Waals surface area contributed by atoms with E-state index in [1.807, 2.05) is 0 Å². The Balaban J connectivity index is 2.57. The Bertz CT molecular complexity index is 628. The van der Waals surface area contributed by atoms with Crippen molar-refractivity contribution >= 4 is 22.9 Å². The van der Waals surface area contributed by atoms with Crippen LogP contribution >= 0.6 is 22.9 Å². The van der Waals surface area contributed by atoms with E-state index in [-0.39, 0.29) is 16.4 Å². The van der Waals surface area contributed by atoms with Gasteiger partial charge in [-0.15, -0.1) is 11.3 Å². The number of rotatable bonds is 3. The minimum absolute atomic E-state index is 0.00972. The van der Waals surface area contributed by atoms with Gasteiger partial charge < -0.3 is 10.5 Å². The highest BCUT2D eigenvalue weighted by molar-refractivity contribution is 7.15. The molecule has 1 aromatic carbocycles. The molecular weight excluding hydrogens is 313 g/mol. The number of thiazole rings is 1. The molecule has 3 nitrogen and oxygen atoms in total. The molecule has 1 aromatic heterocycles. The van der Waals surface area contributed by atoms with E-state index in [4.69, 9.17) is 22.1 Å². The number of hydrogen-bond donors (Lipinski definition) is 1. The molecule has 0 unspecified atom stereocenters. The predicted octanol–water partition coefficient (Wildman–Crippen LogP) is 3.95. The maximum absolute atomic E-state index is 12.8. The molecule has 0 fully saturated rings. The number of aromatic nitrogens is 1. The Morgan fingerprint density at radius 2 is 2.10 bits per heavy atom. The zero-order valence-corrected chi connectivity index (χ0v) is 11.9. The number of nitrogens with zero attached hydrogens (tertiary/aromatic N) is 1. The van der Waals surface area contributed by atoms with Crippen LogP contribution in [0.5, 0.6) is 5.75 Å². The van der Waals surface area contributed by atoms with Gasteiger partial charge in [-0.25, -0.2) is 4.98 Å². The van der Waals surface area contributed by atoms with Crippen LogP contribution < -0.4 is 10.5 Å². The van der Waals surface area contributed by atoms with E-state index >= 15 is 0 Å². The number of ether oxygens (including phenoxy) is 1. The largest absolute Gasteiger partial charge is 0.496 e. The molecule has 8 heteroatoms. The molecule has 1 heterocycles. The van der Waals surface area contributed by atoms with E-state index in [9.17, 15) is 13.2 Å². The van der Waals surface area contributed by atoms with Crippen LogP contribution in [0.25, 0.3) is 10.6 Å². The van der Waals surface area contributed by atoms with Gasteiger partial charge in [-0.3, -0.25) is 0 Å². The Kier molecular flexibility index (Phi) is 4.22. The van der Waals surface area contributed by atoms with Crippen molar-refractivity contribution in [2.45, 2.75) is 12.7 Å². The lowest BCUT2D eigenvalue weighted by atomic mass is 10.2. The van der Waals surface area contributed by atoms with Crippen LogP contribution in [0, 0.1) is 0 Å². The van der Waals surface area contributed by atoms with E-state index in [0.717, 1.165) is 11.3 Å². The zero-order valence-electron chi connectivity index (χ0n) is 10.3. The number of hydrogen-bond acceptors (Lipinski definition) is 4. The molecule has 0 aliphatic heterocycles. The van der Waals surface area contributed by atoms with E-state index in [1.165, 1.54) is 13.2 Å². The van der Waals surface area contributed by atoms with Crippen molar-refractivity contribution < 1.29 is 17.9 Å². The summed E-state index contributed by atoms with van der Waals surface area (Å²) in [6.07, 6.45) is -4.52. The van der Waals surface area contributed by atoms with Gasteiger partial charge >= 0.3 is 6.18 Å². The summed E-state index contributed by atoms with van der Waals surface area (Å²) in [5.74, 6) is 0.364. The summed E-state index contributed by atoms with van der Waals surface area (Å²) in [6.45, 7) is -0.220. The second-order valence-electron chi connectivity index (χ2n) is 3.84. The van der Waals surface area contributed by atoms with Crippen LogP contribution in [-0.4, -0.2) is 12.1 Å². The fraction of sp³-hybridized carbons (Fsp3) is 0.250. The van der Waals surface area contributed by atoms with E-state index < -0.39 is 11.9 Å². The lowest BCUT2D eigenvalue weighted by Crippen LogP contribution is -2.10. The Hall–Kier alpha value is -1.31. The first-order chi connectivity index (χ1) is 9.36. The molecule has 2 rings (SSSR count). The lowest BCUT2D eigenvalue weighted by Gasteiger charge is -2.06. The molecule has 0 spiro atoms. The van der Waals surface area contributed by atoms with Crippen molar-refractivity contribution in [3.05, 3.63) is 33.8 Å². The van der Waals surface area contributed by atoms with E-state index in [1.54, 1.807) is 12.1 Å². The monoisotopic (exact) mass is 322 g/mol. The van der Waals surface area contributed by atoms with Gasteiger partial charge in [0, 0.05) is 11.6 Å². The fourth-order valence-electron chi connectivity index (χ4n) is 1.67. The minimum atomic E-state index is -4.52.